The summed E-state index contributed by atoms with van der Waals surface area (Å²) in [7, 11) is 0. The van der Waals surface area contributed by atoms with Gasteiger partial charge in [-0.05, 0) is 48.9 Å². The van der Waals surface area contributed by atoms with Gasteiger partial charge in [-0.2, -0.15) is 0 Å². The Hall–Kier alpha value is -1.09. The first-order valence-electron chi connectivity index (χ1n) is 6.24. The lowest BCUT2D eigenvalue weighted by molar-refractivity contribution is 0.435. The zero-order chi connectivity index (χ0) is 12.4. The molecule has 3 unspecified atom stereocenters. The van der Waals surface area contributed by atoms with Crippen molar-refractivity contribution in [2.45, 2.75) is 32.7 Å². The molecule has 1 aliphatic rings. The molecule has 0 aliphatic heterocycles. The highest BCUT2D eigenvalue weighted by Gasteiger charge is 2.29. The zero-order valence-electron chi connectivity index (χ0n) is 10.4. The molecule has 0 saturated heterocycles. The molecule has 0 spiro atoms. The second kappa shape index (κ2) is 5.05. The Labute approximate surface area is 109 Å². The highest BCUT2D eigenvalue weighted by atomic mass is 32.1. The van der Waals surface area contributed by atoms with E-state index >= 15 is 0 Å². The Morgan fingerprint density at radius 3 is 2.35 bits per heavy atom. The van der Waals surface area contributed by atoms with Gasteiger partial charge in [-0.25, -0.2) is 0 Å². The van der Waals surface area contributed by atoms with Gasteiger partial charge < -0.3 is 11.1 Å². The zero-order valence-corrected chi connectivity index (χ0v) is 11.3. The van der Waals surface area contributed by atoms with Gasteiger partial charge in [-0.3, -0.25) is 0 Å². The minimum Gasteiger partial charge on any atom is -0.389 e. The monoisotopic (exact) mass is 248 g/mol. The second-order valence-electron chi connectivity index (χ2n) is 5.11. The van der Waals surface area contributed by atoms with Gasteiger partial charge in [-0.15, -0.1) is 0 Å². The van der Waals surface area contributed by atoms with Crippen molar-refractivity contribution in [1.29, 1.82) is 0 Å². The normalized spacial score (nSPS) is 28.0. The first-order chi connectivity index (χ1) is 8.08. The Bertz CT molecular complexity index is 399. The highest BCUT2D eigenvalue weighted by molar-refractivity contribution is 7.80. The molecular weight excluding hydrogens is 228 g/mol. The van der Waals surface area contributed by atoms with E-state index in [1.54, 1.807) is 0 Å². The van der Waals surface area contributed by atoms with Crippen molar-refractivity contribution < 1.29 is 0 Å². The van der Waals surface area contributed by atoms with E-state index in [1.165, 1.54) is 12.8 Å². The summed E-state index contributed by atoms with van der Waals surface area (Å²) in [6.45, 7) is 4.67. The number of nitrogens with one attached hydrogen (secondary N) is 1. The summed E-state index contributed by atoms with van der Waals surface area (Å²) >= 11 is 4.94. The van der Waals surface area contributed by atoms with Crippen molar-refractivity contribution in [3.05, 3.63) is 29.8 Å². The first-order valence-corrected chi connectivity index (χ1v) is 6.65. The van der Waals surface area contributed by atoms with Gasteiger partial charge in [0.05, 0.1) is 0 Å². The number of hydrogen-bond donors (Lipinski definition) is 2. The molecule has 2 nitrogen and oxygen atoms in total. The second-order valence-corrected chi connectivity index (χ2v) is 5.55. The van der Waals surface area contributed by atoms with Gasteiger partial charge in [0.15, 0.2) is 0 Å². The topological polar surface area (TPSA) is 38.0 Å². The van der Waals surface area contributed by atoms with Crippen LogP contribution in [0.15, 0.2) is 24.3 Å². The maximum Gasteiger partial charge on any atom is 0.103 e. The smallest absolute Gasteiger partial charge is 0.103 e. The third kappa shape index (κ3) is 2.78. The quantitative estimate of drug-likeness (QED) is 0.807. The first kappa shape index (κ1) is 12.4. The van der Waals surface area contributed by atoms with Crippen LogP contribution in [0.5, 0.6) is 0 Å². The van der Waals surface area contributed by atoms with E-state index in [9.17, 15) is 0 Å². The molecule has 2 rings (SSSR count). The SMILES string of the molecule is CC1CCC(Nc2ccc(C(N)=S)cc2)C1C. The number of thiocarbonyl (C=S) groups is 1. The standard InChI is InChI=1S/C14H20N2S/c1-9-3-8-13(10(9)2)16-12-6-4-11(5-7-12)14(15)17/h4-7,9-10,13,16H,3,8H2,1-2H3,(H2,15,17). The molecule has 0 amide bonds. The van der Waals surface area contributed by atoms with Crippen LogP contribution in [-0.2, 0) is 0 Å². The van der Waals surface area contributed by atoms with Gasteiger partial charge in [0, 0.05) is 17.3 Å². The lowest BCUT2D eigenvalue weighted by Crippen LogP contribution is -2.24. The lowest BCUT2D eigenvalue weighted by Gasteiger charge is -2.21. The summed E-state index contributed by atoms with van der Waals surface area (Å²) in [5.74, 6) is 1.56. The largest absolute Gasteiger partial charge is 0.389 e. The van der Waals surface area contributed by atoms with Crippen LogP contribution in [0.25, 0.3) is 0 Å². The number of hydrogen-bond acceptors (Lipinski definition) is 2. The molecule has 0 aromatic heterocycles. The van der Waals surface area contributed by atoms with E-state index < -0.39 is 0 Å². The summed E-state index contributed by atoms with van der Waals surface area (Å²) in [6, 6.07) is 8.68. The fourth-order valence-electron chi connectivity index (χ4n) is 2.51. The Kier molecular flexibility index (Phi) is 3.67. The van der Waals surface area contributed by atoms with Crippen LogP contribution in [-0.4, -0.2) is 11.0 Å². The summed E-state index contributed by atoms with van der Waals surface area (Å²) in [5.41, 5.74) is 7.67. The minimum atomic E-state index is 0.458. The number of anilines is 1. The van der Waals surface area contributed by atoms with Crippen molar-refractivity contribution >= 4 is 22.9 Å². The molecule has 1 aromatic carbocycles. The van der Waals surface area contributed by atoms with Crippen LogP contribution < -0.4 is 11.1 Å². The molecule has 1 aromatic rings. The third-order valence-corrected chi connectivity index (χ3v) is 4.22. The summed E-state index contributed by atoms with van der Waals surface area (Å²) in [4.78, 5) is 0.458. The highest BCUT2D eigenvalue weighted by Crippen LogP contribution is 2.33. The van der Waals surface area contributed by atoms with Crippen LogP contribution >= 0.6 is 12.2 Å². The number of rotatable bonds is 3. The molecular formula is C14H20N2S. The van der Waals surface area contributed by atoms with E-state index in [2.05, 4.69) is 31.3 Å². The van der Waals surface area contributed by atoms with Gasteiger partial charge >= 0.3 is 0 Å². The van der Waals surface area contributed by atoms with Crippen LogP contribution in [0.4, 0.5) is 5.69 Å². The maximum absolute atomic E-state index is 5.58. The van der Waals surface area contributed by atoms with Crippen molar-refractivity contribution in [3.63, 3.8) is 0 Å². The van der Waals surface area contributed by atoms with Gasteiger partial charge in [0.2, 0.25) is 0 Å². The fraction of sp³-hybridized carbons (Fsp3) is 0.500. The molecule has 1 aliphatic carbocycles. The van der Waals surface area contributed by atoms with E-state index in [1.807, 2.05) is 12.1 Å². The Morgan fingerprint density at radius 1 is 1.24 bits per heavy atom. The van der Waals surface area contributed by atoms with E-state index in [4.69, 9.17) is 18.0 Å². The molecule has 1 saturated carbocycles. The molecule has 0 heterocycles. The van der Waals surface area contributed by atoms with Crippen molar-refractivity contribution in [2.75, 3.05) is 5.32 Å². The molecule has 0 radical (unpaired) electrons. The number of benzene rings is 1. The summed E-state index contributed by atoms with van der Waals surface area (Å²) in [5, 5.41) is 3.60. The molecule has 0 bridgehead atoms. The number of nitrogens with two attached hydrogens (primary N) is 1. The molecule has 3 atom stereocenters. The van der Waals surface area contributed by atoms with E-state index in [-0.39, 0.29) is 0 Å². The third-order valence-electron chi connectivity index (χ3n) is 3.99. The maximum atomic E-state index is 5.58. The molecule has 3 heteroatoms. The van der Waals surface area contributed by atoms with Crippen molar-refractivity contribution in [2.24, 2.45) is 17.6 Å². The molecule has 92 valence electrons. The average Bonchev–Trinajstić information content (AvgIpc) is 2.62. The van der Waals surface area contributed by atoms with Crippen LogP contribution in [0.2, 0.25) is 0 Å². The predicted octanol–water partition coefficient (Wildman–Crippen LogP) is 3.17. The van der Waals surface area contributed by atoms with Crippen LogP contribution in [0.1, 0.15) is 32.3 Å². The Morgan fingerprint density at radius 2 is 1.88 bits per heavy atom. The van der Waals surface area contributed by atoms with Crippen molar-refractivity contribution in [3.8, 4) is 0 Å². The summed E-state index contributed by atoms with van der Waals surface area (Å²) < 4.78 is 0. The molecule has 17 heavy (non-hydrogen) atoms. The van der Waals surface area contributed by atoms with E-state index in [0.717, 1.165) is 23.1 Å². The van der Waals surface area contributed by atoms with Gasteiger partial charge in [0.25, 0.3) is 0 Å². The van der Waals surface area contributed by atoms with E-state index in [0.29, 0.717) is 11.0 Å². The van der Waals surface area contributed by atoms with Gasteiger partial charge in [-0.1, -0.05) is 26.1 Å². The fourth-order valence-corrected chi connectivity index (χ4v) is 2.65. The van der Waals surface area contributed by atoms with Crippen molar-refractivity contribution in [1.82, 2.24) is 0 Å². The summed E-state index contributed by atoms with van der Waals surface area (Å²) in [6.07, 6.45) is 2.59. The molecule has 1 fully saturated rings. The predicted molar refractivity (Wildman–Crippen MR) is 77.3 cm³/mol. The van der Waals surface area contributed by atoms with Crippen LogP contribution in [0.3, 0.4) is 0 Å². The average molecular weight is 248 g/mol. The Balaban J connectivity index is 2.02. The van der Waals surface area contributed by atoms with Crippen LogP contribution in [0, 0.1) is 11.8 Å². The minimum absolute atomic E-state index is 0.458. The lowest BCUT2D eigenvalue weighted by atomic mass is 9.97. The molecule has 3 N–H and O–H groups in total. The van der Waals surface area contributed by atoms with Gasteiger partial charge in [0.1, 0.15) is 4.99 Å².